The highest BCUT2D eigenvalue weighted by molar-refractivity contribution is 5.26. The van der Waals surface area contributed by atoms with Crippen molar-refractivity contribution in [3.63, 3.8) is 0 Å². The van der Waals surface area contributed by atoms with Crippen molar-refractivity contribution in [2.24, 2.45) is 0 Å². The minimum atomic E-state index is -3.74. The van der Waals surface area contributed by atoms with Crippen LogP contribution >= 0.6 is 0 Å². The normalized spacial score (nSPS) is 10.8. The summed E-state index contributed by atoms with van der Waals surface area (Å²) in [5.41, 5.74) is -0.882. The van der Waals surface area contributed by atoms with Crippen molar-refractivity contribution in [2.75, 3.05) is 0 Å². The third kappa shape index (κ3) is 1.40. The van der Waals surface area contributed by atoms with Crippen LogP contribution in [0.2, 0.25) is 0 Å². The van der Waals surface area contributed by atoms with Gasteiger partial charge in [-0.3, -0.25) is 0 Å². The first-order valence-electron chi connectivity index (χ1n) is 3.12. The van der Waals surface area contributed by atoms with Gasteiger partial charge in [-0.1, -0.05) is 12.1 Å². The van der Waals surface area contributed by atoms with Crippen LogP contribution in [0.1, 0.15) is 5.56 Å². The molecule has 0 saturated heterocycles. The van der Waals surface area contributed by atoms with Crippen molar-refractivity contribution in [3.8, 4) is 6.07 Å². The third-order valence-corrected chi connectivity index (χ3v) is 1.35. The van der Waals surface area contributed by atoms with Crippen molar-refractivity contribution in [1.29, 1.82) is 5.26 Å². The molecular weight excluding hydrogens is 167 g/mol. The minimum Gasteiger partial charge on any atom is -0.206 e. The highest BCUT2D eigenvalue weighted by Gasteiger charge is 2.33. The third-order valence-electron chi connectivity index (χ3n) is 1.35. The molecule has 0 N–H and O–H groups in total. The molecule has 0 fully saturated rings. The van der Waals surface area contributed by atoms with E-state index in [2.05, 4.69) is 0 Å². The summed E-state index contributed by atoms with van der Waals surface area (Å²) in [4.78, 5) is 0. The monoisotopic (exact) mass is 171 g/mol. The molecule has 0 radical (unpaired) electrons. The maximum absolute atomic E-state index is 12.6. The Morgan fingerprint density at radius 1 is 1.25 bits per heavy atom. The maximum Gasteiger partial charge on any atom is 0.360 e. The van der Waals surface area contributed by atoms with Gasteiger partial charge < -0.3 is 0 Å². The van der Waals surface area contributed by atoms with Crippen LogP contribution in [0.25, 0.3) is 0 Å². The van der Waals surface area contributed by atoms with E-state index in [9.17, 15) is 13.2 Å². The van der Waals surface area contributed by atoms with Crippen LogP contribution in [0, 0.1) is 17.1 Å². The van der Waals surface area contributed by atoms with E-state index < -0.39 is 17.3 Å². The number of nitrogens with zero attached hydrogens (tertiary/aromatic N) is 1. The number of hydrogen-bond donors (Lipinski definition) is 0. The SMILES string of the molecule is N#CC(F)(F)c1ccccc1F. The van der Waals surface area contributed by atoms with Crippen LogP contribution < -0.4 is 0 Å². The van der Waals surface area contributed by atoms with E-state index in [1.54, 1.807) is 0 Å². The topological polar surface area (TPSA) is 23.8 Å². The van der Waals surface area contributed by atoms with Crippen molar-refractivity contribution < 1.29 is 13.2 Å². The van der Waals surface area contributed by atoms with E-state index in [0.717, 1.165) is 18.2 Å². The second-order valence-electron chi connectivity index (χ2n) is 2.17. The number of alkyl halides is 2. The van der Waals surface area contributed by atoms with E-state index in [4.69, 9.17) is 5.26 Å². The lowest BCUT2D eigenvalue weighted by Gasteiger charge is -2.07. The Morgan fingerprint density at radius 2 is 1.83 bits per heavy atom. The predicted molar refractivity (Wildman–Crippen MR) is 35.9 cm³/mol. The van der Waals surface area contributed by atoms with Crippen LogP contribution in [0.5, 0.6) is 0 Å². The average molecular weight is 171 g/mol. The van der Waals surface area contributed by atoms with E-state index >= 15 is 0 Å². The Morgan fingerprint density at radius 3 is 2.33 bits per heavy atom. The first kappa shape index (κ1) is 8.60. The number of rotatable bonds is 1. The van der Waals surface area contributed by atoms with Crippen molar-refractivity contribution in [1.82, 2.24) is 0 Å². The molecule has 0 saturated carbocycles. The maximum atomic E-state index is 12.6. The molecule has 12 heavy (non-hydrogen) atoms. The summed E-state index contributed by atoms with van der Waals surface area (Å²) in [6.07, 6.45) is 0. The predicted octanol–water partition coefficient (Wildman–Crippen LogP) is 2.44. The van der Waals surface area contributed by atoms with Crippen LogP contribution in [0.4, 0.5) is 13.2 Å². The van der Waals surface area contributed by atoms with E-state index in [-0.39, 0.29) is 0 Å². The summed E-state index contributed by atoms with van der Waals surface area (Å²) in [6, 6.07) is 5.04. The second kappa shape index (κ2) is 2.86. The number of hydrogen-bond acceptors (Lipinski definition) is 1. The first-order chi connectivity index (χ1) is 5.58. The molecule has 0 aliphatic carbocycles. The molecule has 0 unspecified atom stereocenters. The van der Waals surface area contributed by atoms with Crippen LogP contribution in [0.15, 0.2) is 24.3 Å². The lowest BCUT2D eigenvalue weighted by Crippen LogP contribution is -2.11. The number of benzene rings is 1. The molecule has 0 amide bonds. The lowest BCUT2D eigenvalue weighted by molar-refractivity contribution is 0.0571. The van der Waals surface area contributed by atoms with Crippen LogP contribution in [-0.2, 0) is 5.92 Å². The average Bonchev–Trinajstić information content (AvgIpc) is 2.05. The van der Waals surface area contributed by atoms with Crippen molar-refractivity contribution in [2.45, 2.75) is 5.92 Å². The van der Waals surface area contributed by atoms with Gasteiger partial charge in [0.15, 0.2) is 0 Å². The number of nitriles is 1. The Kier molecular flexibility index (Phi) is 2.05. The molecule has 0 bridgehead atoms. The van der Waals surface area contributed by atoms with Gasteiger partial charge in [-0.15, -0.1) is 0 Å². The number of halogens is 3. The minimum absolute atomic E-state index is 0.725. The summed E-state index contributed by atoms with van der Waals surface area (Å²) >= 11 is 0. The van der Waals surface area contributed by atoms with Crippen molar-refractivity contribution >= 4 is 0 Å². The van der Waals surface area contributed by atoms with Gasteiger partial charge in [-0.2, -0.15) is 14.0 Å². The van der Waals surface area contributed by atoms with Gasteiger partial charge in [-0.25, -0.2) is 4.39 Å². The molecule has 0 spiro atoms. The fraction of sp³-hybridized carbons (Fsp3) is 0.125. The van der Waals surface area contributed by atoms with Gasteiger partial charge >= 0.3 is 5.92 Å². The molecule has 1 aromatic rings. The highest BCUT2D eigenvalue weighted by atomic mass is 19.3. The molecule has 0 aliphatic heterocycles. The van der Waals surface area contributed by atoms with E-state index in [1.807, 2.05) is 0 Å². The smallest absolute Gasteiger partial charge is 0.206 e. The summed E-state index contributed by atoms with van der Waals surface area (Å²) < 4.78 is 37.7. The van der Waals surface area contributed by atoms with Gasteiger partial charge in [-0.05, 0) is 12.1 Å². The molecular formula is C8H4F3N. The van der Waals surface area contributed by atoms with Gasteiger partial charge in [0.05, 0.1) is 5.56 Å². The van der Waals surface area contributed by atoms with Gasteiger partial charge in [0.1, 0.15) is 11.9 Å². The summed E-state index contributed by atoms with van der Waals surface area (Å²) in [5.74, 6) is -4.81. The fourth-order valence-electron chi connectivity index (χ4n) is 0.776. The largest absolute Gasteiger partial charge is 0.360 e. The molecule has 1 nitrogen and oxygen atoms in total. The van der Waals surface area contributed by atoms with Crippen molar-refractivity contribution in [3.05, 3.63) is 35.6 Å². The van der Waals surface area contributed by atoms with Gasteiger partial charge in [0.2, 0.25) is 0 Å². The fourth-order valence-corrected chi connectivity index (χ4v) is 0.776. The standard InChI is InChI=1S/C8H4F3N/c9-7-4-2-1-3-6(7)8(10,11)5-12/h1-4H. The highest BCUT2D eigenvalue weighted by Crippen LogP contribution is 2.28. The molecule has 0 aromatic heterocycles. The summed E-state index contributed by atoms with van der Waals surface area (Å²) in [5, 5.41) is 8.01. The van der Waals surface area contributed by atoms with Gasteiger partial charge in [0.25, 0.3) is 0 Å². The van der Waals surface area contributed by atoms with Crippen LogP contribution in [0.3, 0.4) is 0 Å². The Hall–Kier alpha value is -1.50. The van der Waals surface area contributed by atoms with E-state index in [0.29, 0.717) is 0 Å². The summed E-state index contributed by atoms with van der Waals surface area (Å²) in [6.45, 7) is 0. The quantitative estimate of drug-likeness (QED) is 0.636. The second-order valence-corrected chi connectivity index (χ2v) is 2.17. The van der Waals surface area contributed by atoms with Gasteiger partial charge in [0, 0.05) is 0 Å². The van der Waals surface area contributed by atoms with E-state index in [1.165, 1.54) is 12.1 Å². The Bertz CT molecular complexity index is 327. The Labute approximate surface area is 67.1 Å². The zero-order valence-electron chi connectivity index (χ0n) is 5.89. The van der Waals surface area contributed by atoms with Crippen LogP contribution in [-0.4, -0.2) is 0 Å². The molecule has 1 rings (SSSR count). The zero-order valence-corrected chi connectivity index (χ0v) is 5.89. The molecule has 0 aliphatic rings. The Balaban J connectivity index is 3.22. The first-order valence-corrected chi connectivity index (χ1v) is 3.12. The zero-order chi connectivity index (χ0) is 9.19. The molecule has 1 aromatic carbocycles. The lowest BCUT2D eigenvalue weighted by atomic mass is 10.1. The molecule has 62 valence electrons. The molecule has 4 heteroatoms. The molecule has 0 heterocycles. The summed E-state index contributed by atoms with van der Waals surface area (Å²) in [7, 11) is 0. The molecule has 0 atom stereocenters.